The minimum atomic E-state index is -0.405. The first-order valence-electron chi connectivity index (χ1n) is 4.84. The summed E-state index contributed by atoms with van der Waals surface area (Å²) in [5.74, 6) is -0.711. The molecule has 86 valence electrons. The van der Waals surface area contributed by atoms with Gasteiger partial charge in [-0.2, -0.15) is 5.26 Å². The van der Waals surface area contributed by atoms with E-state index in [-0.39, 0.29) is 17.8 Å². The molecule has 1 rings (SSSR count). The Morgan fingerprint density at radius 2 is 2.12 bits per heavy atom. The Balaban J connectivity index is 3.29. The molecule has 0 unspecified atom stereocenters. The largest absolute Gasteiger partial charge is 0.508 e. The highest BCUT2D eigenvalue weighted by atomic mass is 16.3. The van der Waals surface area contributed by atoms with Crippen molar-refractivity contribution in [2.45, 2.75) is 6.42 Å². The van der Waals surface area contributed by atoms with Crippen LogP contribution in [0.4, 0.5) is 0 Å². The molecule has 0 spiro atoms. The number of carbonyl (C=O) groups excluding carboxylic acids is 1. The number of aliphatic hydroxyl groups is 2. The third kappa shape index (κ3) is 3.21. The third-order valence-corrected chi connectivity index (χ3v) is 2.19. The van der Waals surface area contributed by atoms with Crippen molar-refractivity contribution in [1.82, 2.24) is 0 Å². The van der Waals surface area contributed by atoms with E-state index >= 15 is 0 Å². The van der Waals surface area contributed by atoms with Crippen LogP contribution in [-0.4, -0.2) is 16.5 Å². The van der Waals surface area contributed by atoms with Gasteiger partial charge in [-0.1, -0.05) is 18.7 Å². The van der Waals surface area contributed by atoms with Crippen LogP contribution in [-0.2, 0) is 4.79 Å². The van der Waals surface area contributed by atoms with E-state index in [2.05, 4.69) is 6.58 Å². The number of nitrogens with zero attached hydrogens (tertiary/aromatic N) is 1. The first kappa shape index (κ1) is 12.5. The summed E-state index contributed by atoms with van der Waals surface area (Å²) in [5.41, 5.74) is 0.810. The predicted molar refractivity (Wildman–Crippen MR) is 63.0 cm³/mol. The molecule has 0 heterocycles. The van der Waals surface area contributed by atoms with E-state index in [1.54, 1.807) is 0 Å². The van der Waals surface area contributed by atoms with Crippen LogP contribution in [0.5, 0.6) is 0 Å². The summed E-state index contributed by atoms with van der Waals surface area (Å²) >= 11 is 0. The first-order chi connectivity index (χ1) is 8.08. The zero-order valence-corrected chi connectivity index (χ0v) is 9.05. The summed E-state index contributed by atoms with van der Waals surface area (Å²) in [6, 6.07) is 1.92. The Hall–Kier alpha value is -2.54. The number of rotatable bonds is 1. The SMILES string of the molecule is C=C1/C=C\C(C#N)=C/C/C(O)=C(O)\C=C/1C=O. The van der Waals surface area contributed by atoms with Gasteiger partial charge in [0.2, 0.25) is 0 Å². The Morgan fingerprint density at radius 1 is 1.41 bits per heavy atom. The molecule has 0 saturated heterocycles. The first-order valence-corrected chi connectivity index (χ1v) is 4.84. The zero-order valence-electron chi connectivity index (χ0n) is 9.05. The Kier molecular flexibility index (Phi) is 4.07. The van der Waals surface area contributed by atoms with E-state index in [9.17, 15) is 15.0 Å². The van der Waals surface area contributed by atoms with Gasteiger partial charge in [-0.05, 0) is 17.7 Å². The second-order valence-electron chi connectivity index (χ2n) is 3.38. The van der Waals surface area contributed by atoms with Crippen molar-refractivity contribution in [3.8, 4) is 6.07 Å². The van der Waals surface area contributed by atoms with Crippen molar-refractivity contribution >= 4 is 6.29 Å². The standard InChI is InChI=1S/C13H11NO3/c1-9-2-3-10(7-14)4-5-12(16)13(17)6-11(9)8-15/h2-4,6,8,16-17H,1,5H2/b3-2-,10-4+,11-6-,13-12-. The quantitative estimate of drug-likeness (QED) is 0.676. The fraction of sp³-hybridized carbons (Fsp3) is 0.0769. The molecule has 0 aromatic carbocycles. The zero-order chi connectivity index (χ0) is 12.8. The minimum Gasteiger partial charge on any atom is -0.508 e. The fourth-order valence-corrected chi connectivity index (χ4v) is 1.18. The van der Waals surface area contributed by atoms with Gasteiger partial charge in [0.05, 0.1) is 6.07 Å². The Morgan fingerprint density at radius 3 is 2.71 bits per heavy atom. The number of allylic oxidation sites excluding steroid dienone is 7. The molecule has 0 radical (unpaired) electrons. The predicted octanol–water partition coefficient (Wildman–Crippen LogP) is 2.41. The molecule has 0 aliphatic heterocycles. The number of hydrogen-bond acceptors (Lipinski definition) is 4. The van der Waals surface area contributed by atoms with Crippen LogP contribution in [0, 0.1) is 11.3 Å². The number of nitriles is 1. The van der Waals surface area contributed by atoms with Crippen molar-refractivity contribution in [3.05, 3.63) is 59.1 Å². The van der Waals surface area contributed by atoms with Gasteiger partial charge in [-0.3, -0.25) is 4.79 Å². The van der Waals surface area contributed by atoms with Crippen molar-refractivity contribution in [2.75, 3.05) is 0 Å². The molecule has 1 aliphatic rings. The van der Waals surface area contributed by atoms with Crippen LogP contribution in [0.2, 0.25) is 0 Å². The maximum absolute atomic E-state index is 10.8. The summed E-state index contributed by atoms with van der Waals surface area (Å²) in [6.07, 6.45) is 6.15. The molecule has 17 heavy (non-hydrogen) atoms. The molecular weight excluding hydrogens is 218 g/mol. The van der Waals surface area contributed by atoms with Gasteiger partial charge in [0.15, 0.2) is 12.0 Å². The van der Waals surface area contributed by atoms with E-state index in [1.807, 2.05) is 6.07 Å². The van der Waals surface area contributed by atoms with Crippen LogP contribution < -0.4 is 0 Å². The molecule has 0 fully saturated rings. The number of aldehydes is 1. The summed E-state index contributed by atoms with van der Waals surface area (Å²) in [4.78, 5) is 10.8. The van der Waals surface area contributed by atoms with Crippen LogP contribution in [0.3, 0.4) is 0 Å². The lowest BCUT2D eigenvalue weighted by Crippen LogP contribution is -1.94. The molecular formula is C13H11NO3. The molecule has 1 aliphatic carbocycles. The molecule has 0 aromatic rings. The summed E-state index contributed by atoms with van der Waals surface area (Å²) in [7, 11) is 0. The summed E-state index contributed by atoms with van der Waals surface area (Å²) in [5, 5.41) is 27.8. The number of hydrogen-bond donors (Lipinski definition) is 2. The molecule has 0 amide bonds. The lowest BCUT2D eigenvalue weighted by Gasteiger charge is -2.04. The van der Waals surface area contributed by atoms with E-state index in [4.69, 9.17) is 5.26 Å². The van der Waals surface area contributed by atoms with E-state index in [0.29, 0.717) is 17.4 Å². The fourth-order valence-electron chi connectivity index (χ4n) is 1.18. The number of aliphatic hydroxyl groups excluding tert-OH is 2. The van der Waals surface area contributed by atoms with Gasteiger partial charge in [0.1, 0.15) is 5.76 Å². The van der Waals surface area contributed by atoms with Crippen LogP contribution in [0.15, 0.2) is 59.1 Å². The molecule has 4 nitrogen and oxygen atoms in total. The minimum absolute atomic E-state index is 0.0220. The Labute approximate surface area is 98.8 Å². The monoisotopic (exact) mass is 229 g/mol. The van der Waals surface area contributed by atoms with Gasteiger partial charge in [0, 0.05) is 17.6 Å². The summed E-state index contributed by atoms with van der Waals surface area (Å²) in [6.45, 7) is 3.63. The summed E-state index contributed by atoms with van der Waals surface area (Å²) < 4.78 is 0. The van der Waals surface area contributed by atoms with Crippen molar-refractivity contribution < 1.29 is 15.0 Å². The van der Waals surface area contributed by atoms with Crippen molar-refractivity contribution in [2.24, 2.45) is 0 Å². The number of carbonyl (C=O) groups is 1. The average molecular weight is 229 g/mol. The van der Waals surface area contributed by atoms with Crippen LogP contribution in [0.25, 0.3) is 0 Å². The molecule has 4 heteroatoms. The second-order valence-corrected chi connectivity index (χ2v) is 3.38. The van der Waals surface area contributed by atoms with Gasteiger partial charge >= 0.3 is 0 Å². The topological polar surface area (TPSA) is 81.3 Å². The average Bonchev–Trinajstić information content (AvgIpc) is 2.34. The van der Waals surface area contributed by atoms with Gasteiger partial charge < -0.3 is 10.2 Å². The molecule has 0 aromatic heterocycles. The normalized spacial score (nSPS) is 29.2. The lowest BCUT2D eigenvalue weighted by atomic mass is 10.0. The van der Waals surface area contributed by atoms with Gasteiger partial charge in [-0.25, -0.2) is 0 Å². The van der Waals surface area contributed by atoms with E-state index in [0.717, 1.165) is 6.08 Å². The maximum Gasteiger partial charge on any atom is 0.154 e. The highest BCUT2D eigenvalue weighted by Crippen LogP contribution is 2.16. The highest BCUT2D eigenvalue weighted by molar-refractivity contribution is 5.82. The van der Waals surface area contributed by atoms with E-state index in [1.165, 1.54) is 18.2 Å². The van der Waals surface area contributed by atoms with Crippen molar-refractivity contribution in [3.63, 3.8) is 0 Å². The second kappa shape index (κ2) is 5.52. The van der Waals surface area contributed by atoms with E-state index < -0.39 is 5.76 Å². The Bertz CT molecular complexity index is 513. The molecule has 0 atom stereocenters. The van der Waals surface area contributed by atoms with Crippen molar-refractivity contribution in [1.29, 1.82) is 5.26 Å². The van der Waals surface area contributed by atoms with Crippen LogP contribution >= 0.6 is 0 Å². The third-order valence-electron chi connectivity index (χ3n) is 2.19. The highest BCUT2D eigenvalue weighted by Gasteiger charge is 2.06. The smallest absolute Gasteiger partial charge is 0.154 e. The maximum atomic E-state index is 10.8. The molecule has 2 N–H and O–H groups in total. The lowest BCUT2D eigenvalue weighted by molar-refractivity contribution is -0.104. The molecule has 0 bridgehead atoms. The van der Waals surface area contributed by atoms with Gasteiger partial charge in [-0.15, -0.1) is 0 Å². The van der Waals surface area contributed by atoms with Gasteiger partial charge in [0.25, 0.3) is 0 Å². The molecule has 0 saturated carbocycles. The van der Waals surface area contributed by atoms with Crippen LogP contribution in [0.1, 0.15) is 6.42 Å².